The first kappa shape index (κ1) is 24.1. The molecule has 3 rings (SSSR count). The second-order valence-electron chi connectivity index (χ2n) is 9.13. The Balaban J connectivity index is 1.90. The predicted molar refractivity (Wildman–Crippen MR) is 128 cm³/mol. The minimum Gasteiger partial charge on any atom is -0.489 e. The Morgan fingerprint density at radius 1 is 1.44 bits per heavy atom. The van der Waals surface area contributed by atoms with Crippen LogP contribution >= 0.6 is 0 Å². The van der Waals surface area contributed by atoms with E-state index >= 15 is 0 Å². The molecule has 3 heterocycles. The summed E-state index contributed by atoms with van der Waals surface area (Å²) in [6.07, 6.45) is 4.70. The minimum absolute atomic E-state index is 0.105. The van der Waals surface area contributed by atoms with E-state index in [4.69, 9.17) is 21.6 Å². The standard InChI is InChI=1S/C23H37N7O2/c1-5-15-8-7-14(11-27-15)13-32-17-12-28-16(9-10-23(3,4)31)19-20(17)30(6-2)22(29-19)18(24)21(25)26/h12,14-15,18,22,27,29,31H,5-8,11,13,24H2,1-4H3,(H3,25,26)/t14-,15?,18?,22?/m0/s1. The summed E-state index contributed by atoms with van der Waals surface area (Å²) in [6.45, 7) is 9.63. The summed E-state index contributed by atoms with van der Waals surface area (Å²) >= 11 is 0. The van der Waals surface area contributed by atoms with E-state index < -0.39 is 17.8 Å². The molecule has 0 radical (unpaired) electrons. The van der Waals surface area contributed by atoms with Crippen molar-refractivity contribution < 1.29 is 9.84 Å². The summed E-state index contributed by atoms with van der Waals surface area (Å²) in [5.74, 6) is 6.77. The molecule has 2 aliphatic rings. The van der Waals surface area contributed by atoms with E-state index in [9.17, 15) is 5.11 Å². The average molecular weight is 444 g/mol. The third-order valence-electron chi connectivity index (χ3n) is 6.05. The van der Waals surface area contributed by atoms with Crippen LogP contribution in [-0.2, 0) is 0 Å². The molecular formula is C23H37N7O2. The fraction of sp³-hybridized carbons (Fsp3) is 0.652. The van der Waals surface area contributed by atoms with Crippen molar-refractivity contribution in [3.63, 3.8) is 0 Å². The molecule has 0 spiro atoms. The molecule has 4 atom stereocenters. The van der Waals surface area contributed by atoms with Crippen molar-refractivity contribution >= 4 is 17.2 Å². The summed E-state index contributed by atoms with van der Waals surface area (Å²) in [5, 5.41) is 24.8. The van der Waals surface area contributed by atoms with Gasteiger partial charge in [0.15, 0.2) is 5.75 Å². The molecule has 9 nitrogen and oxygen atoms in total. The minimum atomic E-state index is -1.15. The van der Waals surface area contributed by atoms with Gasteiger partial charge in [0, 0.05) is 25.0 Å². The Morgan fingerprint density at radius 2 is 2.19 bits per heavy atom. The van der Waals surface area contributed by atoms with Gasteiger partial charge in [-0.1, -0.05) is 12.8 Å². The molecule has 1 fully saturated rings. The van der Waals surface area contributed by atoms with Crippen LogP contribution in [0, 0.1) is 23.2 Å². The van der Waals surface area contributed by atoms with E-state index in [-0.39, 0.29) is 5.84 Å². The number of nitrogens with one attached hydrogen (secondary N) is 3. The Bertz CT molecular complexity index is 879. The lowest BCUT2D eigenvalue weighted by Crippen LogP contribution is -2.55. The summed E-state index contributed by atoms with van der Waals surface area (Å²) in [4.78, 5) is 6.55. The number of aliphatic hydroxyl groups is 1. The monoisotopic (exact) mass is 443 g/mol. The molecule has 3 unspecified atom stereocenters. The summed E-state index contributed by atoms with van der Waals surface area (Å²) in [6, 6.07) is -0.113. The molecule has 176 valence electrons. The highest BCUT2D eigenvalue weighted by Crippen LogP contribution is 2.44. The van der Waals surface area contributed by atoms with Crippen molar-refractivity contribution in [2.45, 2.75) is 70.8 Å². The molecule has 1 aromatic heterocycles. The molecule has 1 aromatic rings. The van der Waals surface area contributed by atoms with Crippen LogP contribution in [0.2, 0.25) is 0 Å². The first-order chi connectivity index (χ1) is 15.1. The lowest BCUT2D eigenvalue weighted by atomic mass is 9.94. The predicted octanol–water partition coefficient (Wildman–Crippen LogP) is 1.20. The average Bonchev–Trinajstić information content (AvgIpc) is 3.15. The van der Waals surface area contributed by atoms with Crippen LogP contribution in [0.5, 0.6) is 5.75 Å². The molecule has 0 aromatic carbocycles. The largest absolute Gasteiger partial charge is 0.489 e. The van der Waals surface area contributed by atoms with Crippen LogP contribution in [0.25, 0.3) is 0 Å². The third-order valence-corrected chi connectivity index (χ3v) is 6.05. The highest BCUT2D eigenvalue weighted by molar-refractivity contribution is 5.90. The molecule has 9 heteroatoms. The van der Waals surface area contributed by atoms with Crippen molar-refractivity contribution in [3.8, 4) is 17.6 Å². The van der Waals surface area contributed by atoms with Crippen LogP contribution in [0.1, 0.15) is 52.7 Å². The Kier molecular flexibility index (Phi) is 7.49. The third kappa shape index (κ3) is 5.44. The van der Waals surface area contributed by atoms with Gasteiger partial charge in [-0.25, -0.2) is 4.98 Å². The SMILES string of the molecule is CCC1CC[C@H](COc2cnc(C#CC(C)(C)O)c3c2N(CC)C(C(N)C(=N)N)N3)CN1. The van der Waals surface area contributed by atoms with Crippen molar-refractivity contribution in [3.05, 3.63) is 11.9 Å². The Morgan fingerprint density at radius 3 is 2.75 bits per heavy atom. The number of likely N-dealkylation sites (N-methyl/N-ethyl adjacent to an activating group) is 1. The van der Waals surface area contributed by atoms with E-state index in [0.29, 0.717) is 42.2 Å². The normalized spacial score (nSPS) is 23.6. The van der Waals surface area contributed by atoms with E-state index in [0.717, 1.165) is 31.5 Å². The van der Waals surface area contributed by atoms with Gasteiger partial charge in [0.1, 0.15) is 35.0 Å². The maximum Gasteiger partial charge on any atom is 0.163 e. The van der Waals surface area contributed by atoms with Gasteiger partial charge in [-0.15, -0.1) is 0 Å². The quantitative estimate of drug-likeness (QED) is 0.209. The Hall–Kier alpha value is -2.54. The van der Waals surface area contributed by atoms with Gasteiger partial charge in [-0.2, -0.15) is 0 Å². The van der Waals surface area contributed by atoms with Gasteiger partial charge in [-0.05, 0) is 46.0 Å². The molecule has 8 N–H and O–H groups in total. The fourth-order valence-electron chi connectivity index (χ4n) is 4.16. The number of piperidine rings is 1. The van der Waals surface area contributed by atoms with E-state index in [1.54, 1.807) is 20.0 Å². The topological polar surface area (TPSA) is 146 Å². The van der Waals surface area contributed by atoms with Crippen LogP contribution in [-0.4, -0.2) is 59.5 Å². The van der Waals surface area contributed by atoms with Gasteiger partial charge < -0.3 is 36.8 Å². The lowest BCUT2D eigenvalue weighted by molar-refractivity contribution is 0.143. The second-order valence-corrected chi connectivity index (χ2v) is 9.13. The number of aromatic nitrogens is 1. The fourth-order valence-corrected chi connectivity index (χ4v) is 4.16. The van der Waals surface area contributed by atoms with E-state index in [1.165, 1.54) is 0 Å². The van der Waals surface area contributed by atoms with Gasteiger partial charge in [0.2, 0.25) is 0 Å². The molecule has 0 aliphatic carbocycles. The number of amidine groups is 1. The first-order valence-corrected chi connectivity index (χ1v) is 11.4. The molecule has 0 saturated carbocycles. The van der Waals surface area contributed by atoms with Gasteiger partial charge in [-0.3, -0.25) is 5.41 Å². The smallest absolute Gasteiger partial charge is 0.163 e. The van der Waals surface area contributed by atoms with E-state index in [2.05, 4.69) is 34.4 Å². The summed E-state index contributed by atoms with van der Waals surface area (Å²) < 4.78 is 6.27. The maximum atomic E-state index is 10.0. The van der Waals surface area contributed by atoms with Crippen molar-refractivity contribution in [2.75, 3.05) is 29.9 Å². The van der Waals surface area contributed by atoms with Crippen LogP contribution in [0.4, 0.5) is 11.4 Å². The first-order valence-electron chi connectivity index (χ1n) is 11.4. The second kappa shape index (κ2) is 9.94. The van der Waals surface area contributed by atoms with Crippen molar-refractivity contribution in [2.24, 2.45) is 17.4 Å². The van der Waals surface area contributed by atoms with Crippen LogP contribution < -0.4 is 31.7 Å². The number of hydrogen-bond donors (Lipinski definition) is 6. The number of nitrogens with zero attached hydrogens (tertiary/aromatic N) is 2. The van der Waals surface area contributed by atoms with Crippen LogP contribution in [0.15, 0.2) is 6.20 Å². The maximum absolute atomic E-state index is 10.0. The summed E-state index contributed by atoms with van der Waals surface area (Å²) in [5.41, 5.74) is 12.8. The Labute approximate surface area is 190 Å². The number of hydrogen-bond acceptors (Lipinski definition) is 8. The molecule has 2 aliphatic heterocycles. The van der Waals surface area contributed by atoms with Gasteiger partial charge in [0.05, 0.1) is 18.5 Å². The highest BCUT2D eigenvalue weighted by atomic mass is 16.5. The number of pyridine rings is 1. The lowest BCUT2D eigenvalue weighted by Gasteiger charge is -2.31. The molecule has 0 amide bonds. The highest BCUT2D eigenvalue weighted by Gasteiger charge is 2.38. The zero-order chi connectivity index (χ0) is 23.5. The van der Waals surface area contributed by atoms with Crippen molar-refractivity contribution in [1.29, 1.82) is 5.41 Å². The van der Waals surface area contributed by atoms with Gasteiger partial charge in [0.25, 0.3) is 0 Å². The molecule has 0 bridgehead atoms. The summed E-state index contributed by atoms with van der Waals surface area (Å²) in [7, 11) is 0. The van der Waals surface area contributed by atoms with Crippen LogP contribution in [0.3, 0.4) is 0 Å². The van der Waals surface area contributed by atoms with Crippen molar-refractivity contribution in [1.82, 2.24) is 10.3 Å². The van der Waals surface area contributed by atoms with Gasteiger partial charge >= 0.3 is 0 Å². The van der Waals surface area contributed by atoms with E-state index in [1.807, 2.05) is 11.8 Å². The number of anilines is 2. The number of rotatable bonds is 7. The molecule has 32 heavy (non-hydrogen) atoms. The molecule has 1 saturated heterocycles. The zero-order valence-corrected chi connectivity index (χ0v) is 19.5. The number of fused-ring (bicyclic) bond motifs is 1. The number of nitrogens with two attached hydrogens (primary N) is 2. The number of ether oxygens (including phenoxy) is 1. The zero-order valence-electron chi connectivity index (χ0n) is 19.5. The molecular weight excluding hydrogens is 406 g/mol.